The van der Waals surface area contributed by atoms with Crippen molar-refractivity contribution in [1.29, 1.82) is 0 Å². The van der Waals surface area contributed by atoms with Crippen molar-refractivity contribution in [2.45, 2.75) is 51.1 Å². The minimum absolute atomic E-state index is 0.106. The predicted molar refractivity (Wildman–Crippen MR) is 99.8 cm³/mol. The maximum absolute atomic E-state index is 12.4. The van der Waals surface area contributed by atoms with Crippen molar-refractivity contribution in [2.75, 3.05) is 23.8 Å². The number of urea groups is 1. The zero-order chi connectivity index (χ0) is 17.8. The average molecular weight is 344 g/mol. The predicted octanol–water partition coefficient (Wildman–Crippen LogP) is 2.71. The Balaban J connectivity index is 1.68. The highest BCUT2D eigenvalue weighted by Crippen LogP contribution is 2.31. The highest BCUT2D eigenvalue weighted by Gasteiger charge is 2.30. The lowest BCUT2D eigenvalue weighted by molar-refractivity contribution is -0.125. The molecule has 0 spiro atoms. The third-order valence-electron chi connectivity index (χ3n) is 5.44. The largest absolute Gasteiger partial charge is 0.370 e. The minimum Gasteiger partial charge on any atom is -0.370 e. The molecule has 1 aromatic rings. The molecular formula is C19H28N4O2. The summed E-state index contributed by atoms with van der Waals surface area (Å²) in [7, 11) is 2.09. The molecule has 1 saturated heterocycles. The van der Waals surface area contributed by atoms with Crippen LogP contribution in [0.4, 0.5) is 16.2 Å². The monoisotopic (exact) mass is 344 g/mol. The lowest BCUT2D eigenvalue weighted by Crippen LogP contribution is -2.55. The number of carbonyl (C=O) groups is 2. The smallest absolute Gasteiger partial charge is 0.319 e. The van der Waals surface area contributed by atoms with Crippen molar-refractivity contribution in [3.8, 4) is 0 Å². The number of anilines is 2. The molecule has 0 unspecified atom stereocenters. The lowest BCUT2D eigenvalue weighted by Gasteiger charge is -2.30. The van der Waals surface area contributed by atoms with Crippen LogP contribution in [-0.2, 0) is 4.79 Å². The van der Waals surface area contributed by atoms with Gasteiger partial charge in [-0.3, -0.25) is 4.79 Å². The van der Waals surface area contributed by atoms with E-state index in [4.69, 9.17) is 0 Å². The Morgan fingerprint density at radius 2 is 1.92 bits per heavy atom. The molecule has 0 bridgehead atoms. The average Bonchev–Trinajstić information content (AvgIpc) is 3.13. The first-order valence-corrected chi connectivity index (χ1v) is 9.23. The summed E-state index contributed by atoms with van der Waals surface area (Å²) in [6.45, 7) is 2.67. The third-order valence-corrected chi connectivity index (χ3v) is 5.44. The highest BCUT2D eigenvalue weighted by molar-refractivity contribution is 5.96. The fourth-order valence-corrected chi connectivity index (χ4v) is 3.84. The Kier molecular flexibility index (Phi) is 5.46. The molecule has 3 amide bonds. The minimum atomic E-state index is -0.478. The number of hydrogen-bond donors (Lipinski definition) is 3. The van der Waals surface area contributed by atoms with Crippen LogP contribution in [0.15, 0.2) is 24.3 Å². The second-order valence-corrected chi connectivity index (χ2v) is 7.20. The maximum Gasteiger partial charge on any atom is 0.319 e. The first-order chi connectivity index (χ1) is 12.1. The van der Waals surface area contributed by atoms with Crippen LogP contribution < -0.4 is 20.9 Å². The number of para-hydroxylation sites is 2. The van der Waals surface area contributed by atoms with Gasteiger partial charge in [0.05, 0.1) is 11.4 Å². The first-order valence-electron chi connectivity index (χ1n) is 9.23. The summed E-state index contributed by atoms with van der Waals surface area (Å²) >= 11 is 0. The SMILES string of the molecule is C[C@H]1CCNC(=O)[C@@H]1NC(=O)Nc1ccccc1N(C)C1CCCC1. The molecule has 1 aliphatic carbocycles. The molecule has 6 nitrogen and oxygen atoms in total. The van der Waals surface area contributed by atoms with Gasteiger partial charge in [0.15, 0.2) is 0 Å². The second-order valence-electron chi connectivity index (χ2n) is 7.20. The fraction of sp³-hybridized carbons (Fsp3) is 0.579. The molecule has 0 aromatic heterocycles. The van der Waals surface area contributed by atoms with Gasteiger partial charge in [0, 0.05) is 19.6 Å². The van der Waals surface area contributed by atoms with Crippen molar-refractivity contribution < 1.29 is 9.59 Å². The van der Waals surface area contributed by atoms with E-state index < -0.39 is 6.04 Å². The summed E-state index contributed by atoms with van der Waals surface area (Å²) in [5, 5.41) is 8.56. The molecule has 2 aliphatic rings. The van der Waals surface area contributed by atoms with Crippen LogP contribution >= 0.6 is 0 Å². The first kappa shape index (κ1) is 17.6. The summed E-state index contributed by atoms with van der Waals surface area (Å²) < 4.78 is 0. The lowest BCUT2D eigenvalue weighted by atomic mass is 9.94. The van der Waals surface area contributed by atoms with Gasteiger partial charge in [0.2, 0.25) is 5.91 Å². The van der Waals surface area contributed by atoms with E-state index >= 15 is 0 Å². The topological polar surface area (TPSA) is 73.5 Å². The molecule has 3 rings (SSSR count). The van der Waals surface area contributed by atoms with Gasteiger partial charge in [-0.25, -0.2) is 4.79 Å². The summed E-state index contributed by atoms with van der Waals surface area (Å²) in [5.74, 6) is 0.0289. The number of nitrogens with zero attached hydrogens (tertiary/aromatic N) is 1. The quantitative estimate of drug-likeness (QED) is 0.786. The van der Waals surface area contributed by atoms with Gasteiger partial charge in [0.25, 0.3) is 0 Å². The summed E-state index contributed by atoms with van der Waals surface area (Å²) in [6.07, 6.45) is 5.78. The number of amides is 3. The molecule has 2 fully saturated rings. The highest BCUT2D eigenvalue weighted by atomic mass is 16.2. The number of piperidine rings is 1. The second kappa shape index (κ2) is 7.76. The van der Waals surface area contributed by atoms with Crippen LogP contribution in [0.3, 0.4) is 0 Å². The van der Waals surface area contributed by atoms with Gasteiger partial charge >= 0.3 is 6.03 Å². The zero-order valence-corrected chi connectivity index (χ0v) is 15.0. The van der Waals surface area contributed by atoms with Crippen molar-refractivity contribution >= 4 is 23.3 Å². The normalized spacial score (nSPS) is 23.8. The molecule has 1 aliphatic heterocycles. The van der Waals surface area contributed by atoms with Gasteiger partial charge in [-0.05, 0) is 37.3 Å². The summed E-state index contributed by atoms with van der Waals surface area (Å²) in [5.41, 5.74) is 1.80. The maximum atomic E-state index is 12.4. The molecular weight excluding hydrogens is 316 g/mol. The standard InChI is InChI=1S/C19H28N4O2/c1-13-11-12-20-18(24)17(13)22-19(25)21-15-9-5-6-10-16(15)23(2)14-7-3-4-8-14/h5-6,9-10,13-14,17H,3-4,7-8,11-12H2,1-2H3,(H,20,24)(H2,21,22,25)/t13-,17+/m0/s1. The molecule has 1 saturated carbocycles. The Hall–Kier alpha value is -2.24. The van der Waals surface area contributed by atoms with Crippen LogP contribution in [0.2, 0.25) is 0 Å². The molecule has 1 heterocycles. The number of carbonyl (C=O) groups excluding carboxylic acids is 2. The number of benzene rings is 1. The molecule has 25 heavy (non-hydrogen) atoms. The molecule has 1 aromatic carbocycles. The molecule has 6 heteroatoms. The third kappa shape index (κ3) is 4.06. The van der Waals surface area contributed by atoms with Crippen molar-refractivity contribution in [1.82, 2.24) is 10.6 Å². The Bertz CT molecular complexity index is 628. The van der Waals surface area contributed by atoms with E-state index in [1.54, 1.807) is 0 Å². The summed E-state index contributed by atoms with van der Waals surface area (Å²) in [4.78, 5) is 26.7. The molecule has 0 radical (unpaired) electrons. The van der Waals surface area contributed by atoms with Gasteiger partial charge in [-0.2, -0.15) is 0 Å². The van der Waals surface area contributed by atoms with Crippen molar-refractivity contribution in [3.05, 3.63) is 24.3 Å². The van der Waals surface area contributed by atoms with Crippen LogP contribution in [0, 0.1) is 5.92 Å². The van der Waals surface area contributed by atoms with Gasteiger partial charge in [-0.15, -0.1) is 0 Å². The Morgan fingerprint density at radius 1 is 1.20 bits per heavy atom. The van der Waals surface area contributed by atoms with E-state index in [0.717, 1.165) is 17.8 Å². The van der Waals surface area contributed by atoms with Crippen LogP contribution in [0.1, 0.15) is 39.0 Å². The fourth-order valence-electron chi connectivity index (χ4n) is 3.84. The number of rotatable bonds is 4. The van der Waals surface area contributed by atoms with Crippen LogP contribution in [-0.4, -0.2) is 37.6 Å². The van der Waals surface area contributed by atoms with E-state index in [0.29, 0.717) is 12.6 Å². The van der Waals surface area contributed by atoms with Crippen LogP contribution in [0.5, 0.6) is 0 Å². The van der Waals surface area contributed by atoms with Crippen molar-refractivity contribution in [2.24, 2.45) is 5.92 Å². The van der Waals surface area contributed by atoms with Gasteiger partial charge < -0.3 is 20.9 Å². The molecule has 2 atom stereocenters. The zero-order valence-electron chi connectivity index (χ0n) is 15.0. The number of nitrogens with one attached hydrogen (secondary N) is 3. The molecule has 3 N–H and O–H groups in total. The van der Waals surface area contributed by atoms with E-state index in [1.165, 1.54) is 25.7 Å². The van der Waals surface area contributed by atoms with E-state index in [2.05, 4.69) is 27.9 Å². The van der Waals surface area contributed by atoms with E-state index in [-0.39, 0.29) is 17.9 Å². The summed E-state index contributed by atoms with van der Waals surface area (Å²) in [6, 6.07) is 7.55. The Labute approximate surface area is 149 Å². The van der Waals surface area contributed by atoms with Crippen LogP contribution in [0.25, 0.3) is 0 Å². The number of hydrogen-bond acceptors (Lipinski definition) is 3. The van der Waals surface area contributed by atoms with Crippen molar-refractivity contribution in [3.63, 3.8) is 0 Å². The van der Waals surface area contributed by atoms with Gasteiger partial charge in [0.1, 0.15) is 6.04 Å². The molecule has 136 valence electrons. The van der Waals surface area contributed by atoms with Gasteiger partial charge in [-0.1, -0.05) is 31.9 Å². The van der Waals surface area contributed by atoms with E-state index in [9.17, 15) is 9.59 Å². The Morgan fingerprint density at radius 3 is 2.64 bits per heavy atom. The van der Waals surface area contributed by atoms with E-state index in [1.807, 2.05) is 31.2 Å².